The third-order valence-electron chi connectivity index (χ3n) is 0.260. The van der Waals surface area contributed by atoms with E-state index in [0.29, 0.717) is 0 Å². The van der Waals surface area contributed by atoms with E-state index in [2.05, 4.69) is 5.73 Å². The fraction of sp³-hybridized carbons (Fsp3) is 0.500. The van der Waals surface area contributed by atoms with Crippen LogP contribution in [0.3, 0.4) is 0 Å². The summed E-state index contributed by atoms with van der Waals surface area (Å²) in [6.45, 7) is 0. The summed E-state index contributed by atoms with van der Waals surface area (Å²) in [6, 6.07) is 0. The molecule has 0 saturated heterocycles. The van der Waals surface area contributed by atoms with Crippen molar-refractivity contribution in [1.82, 2.24) is 0 Å². The lowest BCUT2D eigenvalue weighted by atomic mass is 10.8. The molecule has 42 valence electrons. The molecule has 0 aromatic carbocycles. The second-order valence-electron chi connectivity index (χ2n) is 0.914. The van der Waals surface area contributed by atoms with Gasteiger partial charge in [-0.1, -0.05) is 0 Å². The van der Waals surface area contributed by atoms with Crippen LogP contribution in [0.25, 0.3) is 0 Å². The molecule has 4 nitrogen and oxygen atoms in total. The average molecular weight is 122 g/mol. The second kappa shape index (κ2) is 2.70. The van der Waals surface area contributed by atoms with E-state index in [9.17, 15) is 13.6 Å². The van der Waals surface area contributed by atoms with Crippen LogP contribution in [0, 0.1) is 0 Å². The van der Waals surface area contributed by atoms with E-state index in [1.54, 1.807) is 0 Å². The quantitative estimate of drug-likeness (QED) is 0.445. The summed E-state index contributed by atoms with van der Waals surface area (Å²) in [5.74, 6) is -1.41. The molecule has 5 heteroatoms. The van der Waals surface area contributed by atoms with Gasteiger partial charge in [0.1, 0.15) is 0 Å². The van der Waals surface area contributed by atoms with Crippen LogP contribution in [0.2, 0.25) is 0 Å². The Hall–Kier alpha value is -0.420. The molecular formula is C2H4NO3S-. The Morgan fingerprint density at radius 3 is 2.29 bits per heavy atom. The highest BCUT2D eigenvalue weighted by molar-refractivity contribution is 7.79. The van der Waals surface area contributed by atoms with Crippen LogP contribution in [0.4, 0.5) is 0 Å². The number of rotatable bonds is 2. The Labute approximate surface area is 43.0 Å². The van der Waals surface area contributed by atoms with Gasteiger partial charge in [-0.2, -0.15) is 0 Å². The zero-order valence-electron chi connectivity index (χ0n) is 3.42. The summed E-state index contributed by atoms with van der Waals surface area (Å²) in [7, 11) is 0. The van der Waals surface area contributed by atoms with E-state index >= 15 is 0 Å². The first kappa shape index (κ1) is 6.58. The second-order valence-corrected chi connectivity index (χ2v) is 1.81. The highest BCUT2D eigenvalue weighted by atomic mass is 32.2. The SMILES string of the molecule is NC(=O)CS(=O)[O-]. The number of primary amides is 1. The predicted octanol–water partition coefficient (Wildman–Crippen LogP) is -1.65. The van der Waals surface area contributed by atoms with Crippen LogP contribution in [0.15, 0.2) is 0 Å². The van der Waals surface area contributed by atoms with Gasteiger partial charge in [-0.05, 0) is 11.1 Å². The number of hydrogen-bond donors (Lipinski definition) is 1. The van der Waals surface area contributed by atoms with Gasteiger partial charge in [0.2, 0.25) is 5.91 Å². The van der Waals surface area contributed by atoms with Crippen molar-refractivity contribution in [1.29, 1.82) is 0 Å². The van der Waals surface area contributed by atoms with E-state index < -0.39 is 22.7 Å². The summed E-state index contributed by atoms with van der Waals surface area (Å²) in [5.41, 5.74) is 4.46. The molecule has 0 saturated carbocycles. The Bertz CT molecular complexity index is 89.1. The van der Waals surface area contributed by atoms with Gasteiger partial charge in [-0.25, -0.2) is 0 Å². The molecule has 0 fully saturated rings. The maximum absolute atomic E-state index is 9.64. The monoisotopic (exact) mass is 122 g/mol. The lowest BCUT2D eigenvalue weighted by Gasteiger charge is -1.96. The Morgan fingerprint density at radius 2 is 2.29 bits per heavy atom. The number of carbonyl (C=O) groups excluding carboxylic acids is 1. The van der Waals surface area contributed by atoms with Crippen molar-refractivity contribution in [3.05, 3.63) is 0 Å². The normalized spacial score (nSPS) is 13.3. The van der Waals surface area contributed by atoms with Crippen molar-refractivity contribution in [3.8, 4) is 0 Å². The minimum atomic E-state index is -2.32. The topological polar surface area (TPSA) is 83.2 Å². The largest absolute Gasteiger partial charge is 0.772 e. The maximum atomic E-state index is 9.64. The Balaban J connectivity index is 3.32. The third-order valence-corrected chi connectivity index (χ3v) is 0.780. The van der Waals surface area contributed by atoms with Gasteiger partial charge in [0, 0.05) is 0 Å². The summed E-state index contributed by atoms with van der Waals surface area (Å²) >= 11 is -2.32. The van der Waals surface area contributed by atoms with E-state index in [0.717, 1.165) is 0 Å². The molecule has 0 heterocycles. The lowest BCUT2D eigenvalue weighted by molar-refractivity contribution is -0.115. The van der Waals surface area contributed by atoms with Crippen LogP contribution < -0.4 is 5.73 Å². The zero-order chi connectivity index (χ0) is 5.86. The van der Waals surface area contributed by atoms with Crippen LogP contribution in [0.1, 0.15) is 0 Å². The highest BCUT2D eigenvalue weighted by Crippen LogP contribution is 1.67. The molecule has 0 aromatic heterocycles. The van der Waals surface area contributed by atoms with E-state index in [1.165, 1.54) is 0 Å². The third kappa shape index (κ3) is 5.58. The predicted molar refractivity (Wildman–Crippen MR) is 23.0 cm³/mol. The molecule has 0 aliphatic carbocycles. The minimum absolute atomic E-state index is 0.583. The van der Waals surface area contributed by atoms with Crippen molar-refractivity contribution in [2.45, 2.75) is 0 Å². The molecule has 0 bridgehead atoms. The molecular weight excluding hydrogens is 118 g/mol. The molecule has 0 rings (SSSR count). The fourth-order valence-electron chi connectivity index (χ4n) is 0.116. The van der Waals surface area contributed by atoms with Crippen LogP contribution in [0.5, 0.6) is 0 Å². The number of nitrogens with two attached hydrogens (primary N) is 1. The molecule has 2 N–H and O–H groups in total. The van der Waals surface area contributed by atoms with Gasteiger partial charge in [0.25, 0.3) is 0 Å². The minimum Gasteiger partial charge on any atom is -0.772 e. The zero-order valence-corrected chi connectivity index (χ0v) is 4.23. The first-order valence-electron chi connectivity index (χ1n) is 1.47. The summed E-state index contributed by atoms with van der Waals surface area (Å²) in [4.78, 5) is 9.64. The van der Waals surface area contributed by atoms with Crippen LogP contribution in [-0.2, 0) is 15.9 Å². The average Bonchev–Trinajstić information content (AvgIpc) is 1.27. The van der Waals surface area contributed by atoms with Crippen molar-refractivity contribution < 1.29 is 13.6 Å². The Kier molecular flexibility index (Phi) is 2.54. The van der Waals surface area contributed by atoms with E-state index in [4.69, 9.17) is 0 Å². The summed E-state index contributed by atoms with van der Waals surface area (Å²) in [5, 5.41) is 0. The summed E-state index contributed by atoms with van der Waals surface area (Å²) < 4.78 is 19.0. The van der Waals surface area contributed by atoms with Gasteiger partial charge in [0.05, 0.1) is 5.75 Å². The Morgan fingerprint density at radius 1 is 1.86 bits per heavy atom. The molecule has 1 amide bonds. The molecule has 7 heavy (non-hydrogen) atoms. The smallest absolute Gasteiger partial charge is 0.228 e. The van der Waals surface area contributed by atoms with Gasteiger partial charge in [0.15, 0.2) is 0 Å². The van der Waals surface area contributed by atoms with Crippen molar-refractivity contribution in [2.75, 3.05) is 5.75 Å². The first-order valence-corrected chi connectivity index (χ1v) is 2.71. The molecule has 1 atom stereocenters. The van der Waals surface area contributed by atoms with Gasteiger partial charge >= 0.3 is 0 Å². The highest BCUT2D eigenvalue weighted by Gasteiger charge is 1.88. The van der Waals surface area contributed by atoms with Crippen molar-refractivity contribution in [2.24, 2.45) is 5.73 Å². The van der Waals surface area contributed by atoms with E-state index in [1.807, 2.05) is 0 Å². The van der Waals surface area contributed by atoms with Crippen molar-refractivity contribution >= 4 is 17.0 Å². The molecule has 0 radical (unpaired) electrons. The number of hydrogen-bond acceptors (Lipinski definition) is 3. The molecule has 0 aromatic rings. The standard InChI is InChI=1S/C2H5NO3S/c3-2(4)1-7(5)6/h1H2,(H2,3,4)(H,5,6)/p-1. The molecule has 0 aliphatic heterocycles. The number of carbonyl (C=O) groups is 1. The van der Waals surface area contributed by atoms with Crippen LogP contribution in [-0.4, -0.2) is 20.4 Å². The van der Waals surface area contributed by atoms with Gasteiger partial charge < -0.3 is 10.3 Å². The van der Waals surface area contributed by atoms with Crippen LogP contribution >= 0.6 is 0 Å². The maximum Gasteiger partial charge on any atom is 0.228 e. The molecule has 0 aliphatic rings. The van der Waals surface area contributed by atoms with Gasteiger partial charge in [-0.3, -0.25) is 9.00 Å². The first-order chi connectivity index (χ1) is 3.13. The lowest BCUT2D eigenvalue weighted by Crippen LogP contribution is -2.18. The van der Waals surface area contributed by atoms with Crippen molar-refractivity contribution in [3.63, 3.8) is 0 Å². The molecule has 0 spiro atoms. The fourth-order valence-corrected chi connectivity index (χ4v) is 0.348. The molecule has 1 unspecified atom stereocenters. The van der Waals surface area contributed by atoms with Gasteiger partial charge in [-0.15, -0.1) is 0 Å². The summed E-state index contributed by atoms with van der Waals surface area (Å²) in [6.07, 6.45) is 0. The number of amides is 1. The van der Waals surface area contributed by atoms with E-state index in [-0.39, 0.29) is 0 Å².